The molecule has 2 heterocycles. The predicted molar refractivity (Wildman–Crippen MR) is 82.5 cm³/mol. The lowest BCUT2D eigenvalue weighted by Gasteiger charge is -2.33. The highest BCUT2D eigenvalue weighted by molar-refractivity contribution is 6.33. The van der Waals surface area contributed by atoms with Crippen LogP contribution in [0.5, 0.6) is 0 Å². The Morgan fingerprint density at radius 2 is 2.22 bits per heavy atom. The highest BCUT2D eigenvalue weighted by Gasteiger charge is 2.23. The molecule has 0 unspecified atom stereocenters. The lowest BCUT2D eigenvalue weighted by Crippen LogP contribution is -2.37. The molecule has 0 aromatic carbocycles. The molecule has 2 rings (SSSR count). The van der Waals surface area contributed by atoms with Gasteiger partial charge in [-0.2, -0.15) is 5.26 Å². The molecule has 1 aromatic rings. The molecule has 1 fully saturated rings. The Hall–Kier alpha value is -1.94. The molecule has 0 atom stereocenters. The van der Waals surface area contributed by atoms with Crippen LogP contribution >= 0.6 is 11.6 Å². The molecule has 1 N–H and O–H groups in total. The highest BCUT2D eigenvalue weighted by atomic mass is 35.5. The number of hydrogen-bond donors (Lipinski definition) is 1. The molecule has 8 heteroatoms. The number of alkyl halides is 2. The number of amides is 1. The minimum absolute atomic E-state index is 0.168. The number of anilines is 1. The normalized spacial score (nSPS) is 15.5. The minimum Gasteiger partial charge on any atom is -0.355 e. The second kappa shape index (κ2) is 8.06. The van der Waals surface area contributed by atoms with Crippen LogP contribution in [0, 0.1) is 17.2 Å². The van der Waals surface area contributed by atoms with Crippen LogP contribution < -0.4 is 10.2 Å². The molecular weight excluding hydrogens is 326 g/mol. The van der Waals surface area contributed by atoms with Crippen LogP contribution in [0.4, 0.5) is 14.6 Å². The molecule has 23 heavy (non-hydrogen) atoms. The first-order valence-corrected chi connectivity index (χ1v) is 7.73. The van der Waals surface area contributed by atoms with E-state index in [1.165, 1.54) is 6.20 Å². The lowest BCUT2D eigenvalue weighted by molar-refractivity contribution is -0.122. The van der Waals surface area contributed by atoms with Gasteiger partial charge >= 0.3 is 0 Å². The maximum Gasteiger partial charge on any atom is 0.255 e. The monoisotopic (exact) mass is 342 g/mol. The summed E-state index contributed by atoms with van der Waals surface area (Å²) in [5, 5.41) is 11.5. The molecule has 1 saturated heterocycles. The van der Waals surface area contributed by atoms with Crippen molar-refractivity contribution in [2.24, 2.45) is 5.92 Å². The van der Waals surface area contributed by atoms with E-state index in [4.69, 9.17) is 16.9 Å². The third-order valence-corrected chi connectivity index (χ3v) is 4.07. The van der Waals surface area contributed by atoms with Gasteiger partial charge in [-0.05, 0) is 24.8 Å². The van der Waals surface area contributed by atoms with Crippen molar-refractivity contribution < 1.29 is 13.6 Å². The summed E-state index contributed by atoms with van der Waals surface area (Å²) < 4.78 is 24.1. The first kappa shape index (κ1) is 17.4. The third kappa shape index (κ3) is 5.03. The molecule has 5 nitrogen and oxygen atoms in total. The Morgan fingerprint density at radius 1 is 1.52 bits per heavy atom. The number of nitrogens with zero attached hydrogens (tertiary/aromatic N) is 3. The molecule has 0 aliphatic carbocycles. The largest absolute Gasteiger partial charge is 0.355 e. The fraction of sp³-hybridized carbons (Fsp3) is 0.533. The van der Waals surface area contributed by atoms with Crippen molar-refractivity contribution in [1.82, 2.24) is 10.3 Å². The summed E-state index contributed by atoms with van der Waals surface area (Å²) in [6, 6.07) is 3.56. The summed E-state index contributed by atoms with van der Waals surface area (Å²) in [7, 11) is 0. The number of carbonyl (C=O) groups excluding carboxylic acids is 1. The maximum absolute atomic E-state index is 12.0. The molecular formula is C15H17ClF2N4O. The number of rotatable bonds is 5. The van der Waals surface area contributed by atoms with E-state index in [1.54, 1.807) is 6.07 Å². The molecule has 1 aliphatic heterocycles. The van der Waals surface area contributed by atoms with E-state index in [2.05, 4.69) is 10.3 Å². The molecule has 1 aliphatic rings. The van der Waals surface area contributed by atoms with E-state index in [-0.39, 0.29) is 18.2 Å². The number of pyridine rings is 1. The number of piperidine rings is 1. The summed E-state index contributed by atoms with van der Waals surface area (Å²) in [5.74, 6) is 0.464. The zero-order valence-corrected chi connectivity index (χ0v) is 13.2. The van der Waals surface area contributed by atoms with Gasteiger partial charge < -0.3 is 10.2 Å². The third-order valence-electron chi connectivity index (χ3n) is 3.79. The van der Waals surface area contributed by atoms with Gasteiger partial charge in [-0.3, -0.25) is 4.79 Å². The number of halogens is 3. The van der Waals surface area contributed by atoms with E-state index >= 15 is 0 Å². The van der Waals surface area contributed by atoms with Crippen LogP contribution in [-0.4, -0.2) is 37.0 Å². The van der Waals surface area contributed by atoms with Gasteiger partial charge in [0.2, 0.25) is 5.91 Å². The Morgan fingerprint density at radius 3 is 2.78 bits per heavy atom. The second-order valence-electron chi connectivity index (χ2n) is 5.47. The first-order chi connectivity index (χ1) is 11.0. The van der Waals surface area contributed by atoms with Crippen molar-refractivity contribution in [3.63, 3.8) is 0 Å². The van der Waals surface area contributed by atoms with Crippen molar-refractivity contribution in [2.75, 3.05) is 24.5 Å². The number of carbonyl (C=O) groups is 1. The van der Waals surface area contributed by atoms with Crippen LogP contribution in [0.3, 0.4) is 0 Å². The van der Waals surface area contributed by atoms with Gasteiger partial charge in [-0.1, -0.05) is 11.6 Å². The standard InChI is InChI=1S/C15H17ClF2N4O/c16-12-5-11(7-19)8-21-15(12)22-3-1-10(2-4-22)6-14(23)20-9-13(17)18/h5,8,10,13H,1-4,6,9H2,(H,20,23). The molecule has 0 radical (unpaired) electrons. The number of aromatic nitrogens is 1. The van der Waals surface area contributed by atoms with Crippen LogP contribution in [0.2, 0.25) is 5.02 Å². The maximum atomic E-state index is 12.0. The lowest BCUT2D eigenvalue weighted by atomic mass is 9.93. The second-order valence-corrected chi connectivity index (χ2v) is 5.88. The smallest absolute Gasteiger partial charge is 0.255 e. The zero-order chi connectivity index (χ0) is 16.8. The van der Waals surface area contributed by atoms with E-state index in [9.17, 15) is 13.6 Å². The fourth-order valence-corrected chi connectivity index (χ4v) is 2.88. The SMILES string of the molecule is N#Cc1cnc(N2CCC(CC(=O)NCC(F)F)CC2)c(Cl)c1. The summed E-state index contributed by atoms with van der Waals surface area (Å²) in [4.78, 5) is 17.8. The van der Waals surface area contributed by atoms with E-state index in [0.717, 1.165) is 12.8 Å². The Labute approximate surface area is 138 Å². The molecule has 124 valence electrons. The summed E-state index contributed by atoms with van der Waals surface area (Å²) in [6.07, 6.45) is 0.742. The van der Waals surface area contributed by atoms with Crippen LogP contribution in [0.1, 0.15) is 24.8 Å². The van der Waals surface area contributed by atoms with E-state index in [0.29, 0.717) is 29.5 Å². The van der Waals surface area contributed by atoms with Gasteiger partial charge in [0.1, 0.15) is 11.9 Å². The van der Waals surface area contributed by atoms with Gasteiger partial charge in [-0.25, -0.2) is 13.8 Å². The Balaban J connectivity index is 1.84. The molecule has 0 spiro atoms. The van der Waals surface area contributed by atoms with Crippen molar-refractivity contribution in [3.05, 3.63) is 22.8 Å². The van der Waals surface area contributed by atoms with Gasteiger partial charge in [0, 0.05) is 25.7 Å². The van der Waals surface area contributed by atoms with Gasteiger partial charge in [0.05, 0.1) is 17.1 Å². The molecule has 0 saturated carbocycles. The molecule has 0 bridgehead atoms. The van der Waals surface area contributed by atoms with Crippen LogP contribution in [0.25, 0.3) is 0 Å². The molecule has 1 aromatic heterocycles. The van der Waals surface area contributed by atoms with Crippen molar-refractivity contribution >= 4 is 23.3 Å². The van der Waals surface area contributed by atoms with Crippen molar-refractivity contribution in [3.8, 4) is 6.07 Å². The Bertz CT molecular complexity index is 598. The number of nitriles is 1. The van der Waals surface area contributed by atoms with Crippen molar-refractivity contribution in [2.45, 2.75) is 25.7 Å². The quantitative estimate of drug-likeness (QED) is 0.893. The average molecular weight is 343 g/mol. The van der Waals surface area contributed by atoms with Crippen molar-refractivity contribution in [1.29, 1.82) is 5.26 Å². The fourth-order valence-electron chi connectivity index (χ4n) is 2.60. The average Bonchev–Trinajstić information content (AvgIpc) is 2.54. The topological polar surface area (TPSA) is 69.0 Å². The van der Waals surface area contributed by atoms with E-state index in [1.807, 2.05) is 11.0 Å². The first-order valence-electron chi connectivity index (χ1n) is 7.35. The van der Waals surface area contributed by atoms with Gasteiger partial charge in [0.15, 0.2) is 0 Å². The minimum atomic E-state index is -2.52. The van der Waals surface area contributed by atoms with E-state index < -0.39 is 13.0 Å². The zero-order valence-electron chi connectivity index (χ0n) is 12.4. The van der Waals surface area contributed by atoms with Gasteiger partial charge in [0.25, 0.3) is 6.43 Å². The predicted octanol–water partition coefficient (Wildman–Crippen LogP) is 2.59. The highest BCUT2D eigenvalue weighted by Crippen LogP contribution is 2.29. The summed E-state index contributed by atoms with van der Waals surface area (Å²) >= 11 is 6.14. The number of nitrogens with one attached hydrogen (secondary N) is 1. The van der Waals surface area contributed by atoms with Gasteiger partial charge in [-0.15, -0.1) is 0 Å². The van der Waals surface area contributed by atoms with Crippen LogP contribution in [-0.2, 0) is 4.79 Å². The molecule has 1 amide bonds. The Kier molecular flexibility index (Phi) is 6.11. The summed E-state index contributed by atoms with van der Waals surface area (Å²) in [6.45, 7) is 0.777. The number of hydrogen-bond acceptors (Lipinski definition) is 4. The van der Waals surface area contributed by atoms with Crippen LogP contribution in [0.15, 0.2) is 12.3 Å². The summed E-state index contributed by atoms with van der Waals surface area (Å²) in [5.41, 5.74) is 0.407.